The lowest BCUT2D eigenvalue weighted by Gasteiger charge is -2.12. The predicted molar refractivity (Wildman–Crippen MR) is 135 cm³/mol. The molecule has 3 aromatic rings. The molecule has 6 nitrogen and oxygen atoms in total. The van der Waals surface area contributed by atoms with Gasteiger partial charge in [-0.05, 0) is 57.4 Å². The van der Waals surface area contributed by atoms with E-state index < -0.39 is 0 Å². The lowest BCUT2D eigenvalue weighted by Crippen LogP contribution is -2.07. The average molecular weight is 465 g/mol. The Morgan fingerprint density at radius 3 is 2.35 bits per heavy atom. The summed E-state index contributed by atoms with van der Waals surface area (Å²) in [7, 11) is 4.63. The van der Waals surface area contributed by atoms with E-state index in [9.17, 15) is 4.79 Å². The molecule has 0 aliphatic heterocycles. The van der Waals surface area contributed by atoms with Crippen molar-refractivity contribution in [3.63, 3.8) is 0 Å². The zero-order chi connectivity index (χ0) is 24.7. The fourth-order valence-electron chi connectivity index (χ4n) is 3.59. The van der Waals surface area contributed by atoms with Gasteiger partial charge in [-0.3, -0.25) is 4.79 Å². The Kier molecular flexibility index (Phi) is 8.41. The molecule has 0 aliphatic rings. The van der Waals surface area contributed by atoms with Crippen LogP contribution in [0, 0.1) is 0 Å². The van der Waals surface area contributed by atoms with E-state index in [-0.39, 0.29) is 5.43 Å². The molecule has 3 rings (SSSR count). The van der Waals surface area contributed by atoms with Gasteiger partial charge in [0.15, 0.2) is 11.5 Å². The summed E-state index contributed by atoms with van der Waals surface area (Å²) in [5, 5.41) is 0.355. The van der Waals surface area contributed by atoms with Crippen molar-refractivity contribution >= 4 is 11.0 Å². The van der Waals surface area contributed by atoms with Gasteiger partial charge in [0.05, 0.1) is 26.9 Å². The van der Waals surface area contributed by atoms with Crippen molar-refractivity contribution in [2.75, 3.05) is 27.9 Å². The first-order valence-corrected chi connectivity index (χ1v) is 11.2. The molecule has 1 aromatic heterocycles. The van der Waals surface area contributed by atoms with Gasteiger partial charge in [-0.2, -0.15) is 0 Å². The van der Waals surface area contributed by atoms with E-state index in [1.54, 1.807) is 38.5 Å². The Labute approximate surface area is 200 Å². The number of hydrogen-bond acceptors (Lipinski definition) is 6. The van der Waals surface area contributed by atoms with E-state index >= 15 is 0 Å². The van der Waals surface area contributed by atoms with Crippen molar-refractivity contribution in [1.29, 1.82) is 0 Å². The third-order valence-corrected chi connectivity index (χ3v) is 5.51. The predicted octanol–water partition coefficient (Wildman–Crippen LogP) is 6.56. The van der Waals surface area contributed by atoms with Crippen molar-refractivity contribution < 1.29 is 23.4 Å². The molecule has 0 atom stereocenters. The first kappa shape index (κ1) is 25.0. The number of rotatable bonds is 10. The van der Waals surface area contributed by atoms with Gasteiger partial charge in [-0.25, -0.2) is 0 Å². The van der Waals surface area contributed by atoms with Crippen LogP contribution >= 0.6 is 0 Å². The number of methoxy groups -OCH3 is 3. The lowest BCUT2D eigenvalue weighted by molar-refractivity contribution is 0.325. The molecule has 0 unspecified atom stereocenters. The molecule has 0 saturated carbocycles. The van der Waals surface area contributed by atoms with Crippen molar-refractivity contribution in [3.05, 3.63) is 70.1 Å². The molecule has 34 heavy (non-hydrogen) atoms. The second-order valence-electron chi connectivity index (χ2n) is 8.23. The standard InChI is InChI=1S/C28H32O6/c1-18(2)8-7-9-19(3)12-13-33-23-11-10-20(14-24(23)31-5)22-17-34-26-16-21(30-4)15-25(32-6)27(26)28(22)29/h8,10-12,14-17H,7,9,13H2,1-6H3. The molecule has 0 N–H and O–H groups in total. The fraction of sp³-hybridized carbons (Fsp3) is 0.321. The van der Waals surface area contributed by atoms with Crippen molar-refractivity contribution in [1.82, 2.24) is 0 Å². The van der Waals surface area contributed by atoms with Gasteiger partial charge in [-0.1, -0.05) is 23.3 Å². The van der Waals surface area contributed by atoms with Crippen LogP contribution in [0.25, 0.3) is 22.1 Å². The number of hydrogen-bond donors (Lipinski definition) is 0. The van der Waals surface area contributed by atoms with E-state index in [1.165, 1.54) is 24.5 Å². The van der Waals surface area contributed by atoms with Gasteiger partial charge in [0.1, 0.15) is 35.3 Å². The summed E-state index contributed by atoms with van der Waals surface area (Å²) in [6.07, 6.45) is 7.77. The van der Waals surface area contributed by atoms with Crippen LogP contribution < -0.4 is 24.4 Å². The highest BCUT2D eigenvalue weighted by Crippen LogP contribution is 2.34. The third kappa shape index (κ3) is 5.81. The Hall–Kier alpha value is -3.67. The molecule has 0 saturated heterocycles. The van der Waals surface area contributed by atoms with Crippen LogP contribution in [0.1, 0.15) is 33.6 Å². The molecule has 180 valence electrons. The minimum atomic E-state index is -0.202. The number of fused-ring (bicyclic) bond motifs is 1. The Balaban J connectivity index is 1.86. The maximum absolute atomic E-state index is 13.3. The number of ether oxygens (including phenoxy) is 4. The van der Waals surface area contributed by atoms with Crippen molar-refractivity contribution in [2.24, 2.45) is 0 Å². The number of allylic oxidation sites excluding steroid dienone is 3. The van der Waals surface area contributed by atoms with Crippen LogP contribution in [0.3, 0.4) is 0 Å². The molecule has 0 radical (unpaired) electrons. The quantitative estimate of drug-likeness (QED) is 0.317. The fourth-order valence-corrected chi connectivity index (χ4v) is 3.59. The Morgan fingerprint density at radius 2 is 1.68 bits per heavy atom. The second-order valence-corrected chi connectivity index (χ2v) is 8.23. The minimum absolute atomic E-state index is 0.202. The Morgan fingerprint density at radius 1 is 0.912 bits per heavy atom. The highest BCUT2D eigenvalue weighted by molar-refractivity contribution is 5.88. The topological polar surface area (TPSA) is 67.1 Å². The highest BCUT2D eigenvalue weighted by atomic mass is 16.5. The summed E-state index contributed by atoms with van der Waals surface area (Å²) in [6, 6.07) is 8.72. The first-order valence-electron chi connectivity index (χ1n) is 11.2. The minimum Gasteiger partial charge on any atom is -0.496 e. The van der Waals surface area contributed by atoms with Gasteiger partial charge in [-0.15, -0.1) is 0 Å². The van der Waals surface area contributed by atoms with E-state index in [0.717, 1.165) is 12.8 Å². The third-order valence-electron chi connectivity index (χ3n) is 5.51. The van der Waals surface area contributed by atoms with Crippen LogP contribution in [0.4, 0.5) is 0 Å². The molecule has 1 heterocycles. The normalized spacial score (nSPS) is 11.3. The van der Waals surface area contributed by atoms with Crippen molar-refractivity contribution in [2.45, 2.75) is 33.6 Å². The lowest BCUT2D eigenvalue weighted by atomic mass is 10.0. The molecule has 0 aliphatic carbocycles. The summed E-state index contributed by atoms with van der Waals surface area (Å²) >= 11 is 0. The molecule has 0 fully saturated rings. The highest BCUT2D eigenvalue weighted by Gasteiger charge is 2.16. The number of benzene rings is 2. The van der Waals surface area contributed by atoms with Crippen LogP contribution in [0.2, 0.25) is 0 Å². The molecular formula is C28H32O6. The molecule has 0 amide bonds. The smallest absolute Gasteiger partial charge is 0.204 e. The Bertz CT molecular complexity index is 1260. The van der Waals surface area contributed by atoms with Crippen molar-refractivity contribution in [3.8, 4) is 34.1 Å². The largest absolute Gasteiger partial charge is 0.496 e. The average Bonchev–Trinajstić information content (AvgIpc) is 2.83. The zero-order valence-electron chi connectivity index (χ0n) is 20.7. The summed E-state index contributed by atoms with van der Waals surface area (Å²) < 4.78 is 27.9. The van der Waals surface area contributed by atoms with E-state index in [0.29, 0.717) is 51.7 Å². The van der Waals surface area contributed by atoms with Gasteiger partial charge in [0.2, 0.25) is 5.43 Å². The zero-order valence-corrected chi connectivity index (χ0v) is 20.7. The van der Waals surface area contributed by atoms with Crippen LogP contribution in [-0.4, -0.2) is 27.9 Å². The van der Waals surface area contributed by atoms with Crippen LogP contribution in [0.15, 0.2) is 69.1 Å². The summed E-state index contributed by atoms with van der Waals surface area (Å²) in [4.78, 5) is 13.3. The SMILES string of the molecule is COc1cc(OC)c2c(=O)c(-c3ccc(OCC=C(C)CCC=C(C)C)c(OC)c3)coc2c1. The van der Waals surface area contributed by atoms with E-state index in [4.69, 9.17) is 23.4 Å². The molecule has 0 spiro atoms. The van der Waals surface area contributed by atoms with Crippen LogP contribution in [-0.2, 0) is 0 Å². The van der Waals surface area contributed by atoms with E-state index in [1.807, 2.05) is 6.07 Å². The monoisotopic (exact) mass is 464 g/mol. The summed E-state index contributed by atoms with van der Waals surface area (Å²) in [6.45, 7) is 6.75. The van der Waals surface area contributed by atoms with Crippen LogP contribution in [0.5, 0.6) is 23.0 Å². The second kappa shape index (κ2) is 11.5. The van der Waals surface area contributed by atoms with Gasteiger partial charge < -0.3 is 23.4 Å². The van der Waals surface area contributed by atoms with Gasteiger partial charge >= 0.3 is 0 Å². The first-order chi connectivity index (χ1) is 16.4. The van der Waals surface area contributed by atoms with Gasteiger partial charge in [0, 0.05) is 12.1 Å². The molecule has 2 aromatic carbocycles. The summed E-state index contributed by atoms with van der Waals surface area (Å²) in [5.41, 5.74) is 3.84. The van der Waals surface area contributed by atoms with Gasteiger partial charge in [0.25, 0.3) is 0 Å². The maximum Gasteiger partial charge on any atom is 0.204 e. The molecule has 0 bridgehead atoms. The van der Waals surface area contributed by atoms with E-state index in [2.05, 4.69) is 32.9 Å². The maximum atomic E-state index is 13.3. The summed E-state index contributed by atoms with van der Waals surface area (Å²) in [5.74, 6) is 2.08. The molecular weight excluding hydrogens is 432 g/mol. The molecule has 6 heteroatoms.